The first kappa shape index (κ1) is 25.7. The van der Waals surface area contributed by atoms with Crippen molar-refractivity contribution in [3.05, 3.63) is 75.7 Å². The van der Waals surface area contributed by atoms with Crippen molar-refractivity contribution in [2.75, 3.05) is 26.6 Å². The van der Waals surface area contributed by atoms with Crippen molar-refractivity contribution < 1.29 is 27.4 Å². The molecule has 0 spiro atoms. The van der Waals surface area contributed by atoms with Gasteiger partial charge < -0.3 is 19.5 Å². The Kier molecular flexibility index (Phi) is 7.33. The lowest BCUT2D eigenvalue weighted by molar-refractivity contribution is -0.112. The van der Waals surface area contributed by atoms with E-state index < -0.39 is 9.84 Å². The molecule has 3 aromatic rings. The van der Waals surface area contributed by atoms with Crippen LogP contribution in [0.25, 0.3) is 6.08 Å². The van der Waals surface area contributed by atoms with Crippen LogP contribution < -0.4 is 19.5 Å². The van der Waals surface area contributed by atoms with E-state index in [2.05, 4.69) is 5.32 Å². The average molecular weight is 526 g/mol. The highest BCUT2D eigenvalue weighted by Gasteiger charge is 2.26. The number of benzene rings is 3. The van der Waals surface area contributed by atoms with Crippen LogP contribution in [0.15, 0.2) is 63.2 Å². The Hall–Kier alpha value is -3.43. The van der Waals surface area contributed by atoms with Gasteiger partial charge in [0, 0.05) is 17.0 Å². The zero-order valence-corrected chi connectivity index (χ0v) is 22.3. The van der Waals surface area contributed by atoms with E-state index >= 15 is 0 Å². The summed E-state index contributed by atoms with van der Waals surface area (Å²) in [7, 11) is 0.985. The molecule has 9 heteroatoms. The highest BCUT2D eigenvalue weighted by molar-refractivity contribution is 8.04. The Bertz CT molecular complexity index is 1430. The number of aryl methyl sites for hydroxylation is 2. The topological polar surface area (TPSA) is 90.9 Å². The zero-order valence-electron chi connectivity index (χ0n) is 20.7. The normalized spacial score (nSPS) is 14.2. The van der Waals surface area contributed by atoms with Crippen molar-refractivity contribution in [2.24, 2.45) is 0 Å². The summed E-state index contributed by atoms with van der Waals surface area (Å²) in [5, 5.41) is 2.83. The number of fused-ring (bicyclic) bond motifs is 1. The summed E-state index contributed by atoms with van der Waals surface area (Å²) in [5.41, 5.74) is 3.70. The van der Waals surface area contributed by atoms with Crippen LogP contribution >= 0.6 is 11.8 Å². The van der Waals surface area contributed by atoms with Gasteiger partial charge >= 0.3 is 0 Å². The molecule has 1 aliphatic rings. The molecule has 4 rings (SSSR count). The van der Waals surface area contributed by atoms with Crippen LogP contribution in [0.3, 0.4) is 0 Å². The molecule has 0 fully saturated rings. The van der Waals surface area contributed by atoms with Crippen LogP contribution in [0.2, 0.25) is 0 Å². The van der Waals surface area contributed by atoms with Crippen molar-refractivity contribution >= 4 is 39.3 Å². The molecule has 0 unspecified atom stereocenters. The van der Waals surface area contributed by atoms with Gasteiger partial charge in [-0.15, -0.1) is 0 Å². The summed E-state index contributed by atoms with van der Waals surface area (Å²) in [6, 6.07) is 14.0. The maximum absolute atomic E-state index is 13.2. The van der Waals surface area contributed by atoms with Crippen molar-refractivity contribution in [1.82, 2.24) is 0 Å². The largest absolute Gasteiger partial charge is 0.496 e. The summed E-state index contributed by atoms with van der Waals surface area (Å²) in [6.45, 7) is 3.81. The quantitative estimate of drug-likeness (QED) is 0.414. The van der Waals surface area contributed by atoms with Gasteiger partial charge in [-0.25, -0.2) is 8.42 Å². The molecule has 0 aliphatic carbocycles. The molecule has 36 heavy (non-hydrogen) atoms. The molecular weight excluding hydrogens is 498 g/mol. The lowest BCUT2D eigenvalue weighted by Crippen LogP contribution is -2.18. The molecule has 3 aromatic carbocycles. The molecule has 0 saturated carbocycles. The molecule has 7 nitrogen and oxygen atoms in total. The van der Waals surface area contributed by atoms with Crippen LogP contribution in [0, 0.1) is 13.8 Å². The number of ether oxygens (including phenoxy) is 3. The predicted molar refractivity (Wildman–Crippen MR) is 142 cm³/mol. The van der Waals surface area contributed by atoms with Crippen LogP contribution in [-0.4, -0.2) is 35.7 Å². The number of carbonyl (C=O) groups excluding carboxylic acids is 1. The second-order valence-electron chi connectivity index (χ2n) is 8.30. The smallest absolute Gasteiger partial charge is 0.262 e. The fraction of sp³-hybridized carbons (Fsp3) is 0.222. The number of carbonyl (C=O) groups is 1. The average Bonchev–Trinajstić information content (AvgIpc) is 2.86. The zero-order chi connectivity index (χ0) is 26.0. The van der Waals surface area contributed by atoms with E-state index in [1.165, 1.54) is 32.0 Å². The minimum absolute atomic E-state index is 0.104. The summed E-state index contributed by atoms with van der Waals surface area (Å²) in [6.07, 6.45) is 1.69. The highest BCUT2D eigenvalue weighted by Crippen LogP contribution is 2.43. The van der Waals surface area contributed by atoms with Crippen molar-refractivity contribution in [3.63, 3.8) is 0 Å². The third-order valence-electron chi connectivity index (χ3n) is 6.01. The molecule has 1 heterocycles. The van der Waals surface area contributed by atoms with E-state index in [0.717, 1.165) is 21.6 Å². The fourth-order valence-corrected chi connectivity index (χ4v) is 6.48. The first-order valence-electron chi connectivity index (χ1n) is 11.1. The van der Waals surface area contributed by atoms with E-state index in [-0.39, 0.29) is 16.6 Å². The lowest BCUT2D eigenvalue weighted by atomic mass is 10.1. The van der Waals surface area contributed by atoms with E-state index in [1.807, 2.05) is 32.0 Å². The fourth-order valence-electron chi connectivity index (χ4n) is 3.99. The van der Waals surface area contributed by atoms with Crippen LogP contribution in [-0.2, 0) is 20.4 Å². The maximum atomic E-state index is 13.2. The van der Waals surface area contributed by atoms with Gasteiger partial charge in [0.05, 0.1) is 48.1 Å². The molecule has 1 aliphatic heterocycles. The number of sulfone groups is 1. The van der Waals surface area contributed by atoms with Crippen LogP contribution in [0.4, 0.5) is 5.69 Å². The van der Waals surface area contributed by atoms with Crippen LogP contribution in [0.5, 0.6) is 17.2 Å². The van der Waals surface area contributed by atoms with Crippen LogP contribution in [0.1, 0.15) is 22.3 Å². The Morgan fingerprint density at radius 2 is 1.56 bits per heavy atom. The number of hydrogen-bond acceptors (Lipinski definition) is 7. The Labute approximate surface area is 215 Å². The molecule has 0 radical (unpaired) electrons. The van der Waals surface area contributed by atoms with Gasteiger partial charge in [-0.1, -0.05) is 30.0 Å². The standard InChI is InChI=1S/C27H27NO6S2/c1-16-7-6-8-17(2)21(16)15-36(30,31)19-9-10-25-22(13-19)28-27(29)26(35-25)14-20-23(33-4)11-18(32-3)12-24(20)34-5/h6-14H,15H2,1-5H3,(H,28,29). The second kappa shape index (κ2) is 10.3. The SMILES string of the molecule is COc1cc(OC)c(C=C2Sc3ccc(S(=O)(=O)Cc4c(C)cccc4C)cc3NC2=O)c(OC)c1. The third kappa shape index (κ3) is 5.08. The molecule has 0 atom stereocenters. The Morgan fingerprint density at radius 1 is 0.917 bits per heavy atom. The monoisotopic (exact) mass is 525 g/mol. The van der Waals surface area contributed by atoms with Crippen molar-refractivity contribution in [3.8, 4) is 17.2 Å². The van der Waals surface area contributed by atoms with Gasteiger partial charge in [0.1, 0.15) is 17.2 Å². The minimum Gasteiger partial charge on any atom is -0.496 e. The van der Waals surface area contributed by atoms with Gasteiger partial charge in [0.2, 0.25) is 0 Å². The third-order valence-corrected chi connectivity index (χ3v) is 8.75. The number of nitrogens with one attached hydrogen (secondary N) is 1. The molecule has 188 valence electrons. The molecule has 0 aromatic heterocycles. The van der Waals surface area contributed by atoms with Crippen molar-refractivity contribution in [2.45, 2.75) is 29.4 Å². The number of thioether (sulfide) groups is 1. The van der Waals surface area contributed by atoms with E-state index in [0.29, 0.717) is 33.4 Å². The molecule has 0 saturated heterocycles. The van der Waals surface area contributed by atoms with Gasteiger partial charge in [-0.05, 0) is 54.8 Å². The maximum Gasteiger partial charge on any atom is 0.262 e. The number of rotatable bonds is 7. The summed E-state index contributed by atoms with van der Waals surface area (Å²) in [5.74, 6) is 1.09. The number of hydrogen-bond donors (Lipinski definition) is 1. The minimum atomic E-state index is -3.62. The highest BCUT2D eigenvalue weighted by atomic mass is 32.2. The van der Waals surface area contributed by atoms with Gasteiger partial charge in [0.25, 0.3) is 5.91 Å². The summed E-state index contributed by atoms with van der Waals surface area (Å²) < 4.78 is 42.7. The first-order chi connectivity index (χ1) is 17.2. The summed E-state index contributed by atoms with van der Waals surface area (Å²) in [4.78, 5) is 14.3. The van der Waals surface area contributed by atoms with E-state index in [9.17, 15) is 13.2 Å². The predicted octanol–water partition coefficient (Wildman–Crippen LogP) is 5.39. The number of amides is 1. The molecular formula is C27H27NO6S2. The van der Waals surface area contributed by atoms with E-state index in [4.69, 9.17) is 14.2 Å². The summed E-state index contributed by atoms with van der Waals surface area (Å²) >= 11 is 1.25. The molecule has 1 amide bonds. The second-order valence-corrected chi connectivity index (χ2v) is 11.4. The number of anilines is 1. The molecule has 1 N–H and O–H groups in total. The lowest BCUT2D eigenvalue weighted by Gasteiger charge is -2.20. The Balaban J connectivity index is 1.66. The van der Waals surface area contributed by atoms with Crippen molar-refractivity contribution in [1.29, 1.82) is 0 Å². The molecule has 0 bridgehead atoms. The Morgan fingerprint density at radius 3 is 2.14 bits per heavy atom. The van der Waals surface area contributed by atoms with Gasteiger partial charge in [-0.2, -0.15) is 0 Å². The van der Waals surface area contributed by atoms with Gasteiger partial charge in [0.15, 0.2) is 9.84 Å². The van der Waals surface area contributed by atoms with Gasteiger partial charge in [-0.3, -0.25) is 4.79 Å². The number of methoxy groups -OCH3 is 3. The van der Waals surface area contributed by atoms with E-state index in [1.54, 1.807) is 37.5 Å². The first-order valence-corrected chi connectivity index (χ1v) is 13.6.